The molecule has 0 saturated carbocycles. The van der Waals surface area contributed by atoms with Crippen LogP contribution in [-0.2, 0) is 0 Å². The second kappa shape index (κ2) is 9.10. The van der Waals surface area contributed by atoms with Crippen LogP contribution in [0, 0.1) is 0 Å². The van der Waals surface area contributed by atoms with Crippen LogP contribution in [-0.4, -0.2) is 52.8 Å². The minimum absolute atomic E-state index is 0.0190. The zero-order valence-corrected chi connectivity index (χ0v) is 15.9. The Morgan fingerprint density at radius 1 is 0.962 bits per heavy atom. The first-order valence-corrected chi connectivity index (χ1v) is 8.31. The van der Waals surface area contributed by atoms with Gasteiger partial charge in [-0.2, -0.15) is 0 Å². The minimum atomic E-state index is -0.236. The van der Waals surface area contributed by atoms with E-state index in [-0.39, 0.29) is 11.9 Å². The molecule has 1 amide bonds. The quantitative estimate of drug-likeness (QED) is 0.786. The Bertz CT molecular complexity index is 707. The predicted octanol–water partition coefficient (Wildman–Crippen LogP) is 2.75. The topological polar surface area (TPSA) is 60.0 Å². The fourth-order valence-electron chi connectivity index (χ4n) is 2.78. The average Bonchev–Trinajstić information content (AvgIpc) is 2.67. The monoisotopic (exact) mass is 358 g/mol. The number of carbonyl (C=O) groups is 1. The average molecular weight is 358 g/mol. The molecule has 1 atom stereocenters. The van der Waals surface area contributed by atoms with Crippen molar-refractivity contribution in [3.05, 3.63) is 53.6 Å². The van der Waals surface area contributed by atoms with E-state index in [9.17, 15) is 4.79 Å². The van der Waals surface area contributed by atoms with Crippen molar-refractivity contribution >= 4 is 5.91 Å². The molecule has 0 saturated heterocycles. The number of benzene rings is 2. The summed E-state index contributed by atoms with van der Waals surface area (Å²) in [5.74, 6) is 1.52. The van der Waals surface area contributed by atoms with Gasteiger partial charge in [0.1, 0.15) is 22.8 Å². The van der Waals surface area contributed by atoms with Crippen LogP contribution in [0.15, 0.2) is 42.5 Å². The van der Waals surface area contributed by atoms with Crippen molar-refractivity contribution < 1.29 is 19.0 Å². The van der Waals surface area contributed by atoms with Crippen LogP contribution in [0.25, 0.3) is 0 Å². The Hall–Kier alpha value is -2.73. The molecule has 0 aliphatic carbocycles. The summed E-state index contributed by atoms with van der Waals surface area (Å²) < 4.78 is 15.8. The lowest BCUT2D eigenvalue weighted by Gasteiger charge is -2.25. The SMILES string of the molecule is COc1ccc(C(CNC(=O)c2c(OC)cccc2OC)N(C)C)cc1. The van der Waals surface area contributed by atoms with Crippen LogP contribution in [0.4, 0.5) is 0 Å². The summed E-state index contributed by atoms with van der Waals surface area (Å²) in [5, 5.41) is 2.99. The maximum Gasteiger partial charge on any atom is 0.258 e. The summed E-state index contributed by atoms with van der Waals surface area (Å²) in [5.41, 5.74) is 1.48. The highest BCUT2D eigenvalue weighted by molar-refractivity contribution is 5.99. The van der Waals surface area contributed by atoms with Gasteiger partial charge >= 0.3 is 0 Å². The van der Waals surface area contributed by atoms with Gasteiger partial charge in [-0.05, 0) is 43.9 Å². The van der Waals surface area contributed by atoms with E-state index in [0.29, 0.717) is 23.6 Å². The van der Waals surface area contributed by atoms with Crippen molar-refractivity contribution in [2.45, 2.75) is 6.04 Å². The highest BCUT2D eigenvalue weighted by Crippen LogP contribution is 2.28. The maximum atomic E-state index is 12.8. The Balaban J connectivity index is 2.17. The molecule has 2 aromatic carbocycles. The van der Waals surface area contributed by atoms with Crippen LogP contribution in [0.5, 0.6) is 17.2 Å². The third-order valence-electron chi connectivity index (χ3n) is 4.23. The molecule has 0 bridgehead atoms. The van der Waals surface area contributed by atoms with Crippen LogP contribution < -0.4 is 19.5 Å². The van der Waals surface area contributed by atoms with E-state index in [1.165, 1.54) is 14.2 Å². The Kier molecular flexibility index (Phi) is 6.86. The number of nitrogens with one attached hydrogen (secondary N) is 1. The van der Waals surface area contributed by atoms with Gasteiger partial charge in [0.25, 0.3) is 5.91 Å². The van der Waals surface area contributed by atoms with Gasteiger partial charge in [0.15, 0.2) is 0 Å². The Morgan fingerprint density at radius 3 is 2.00 bits per heavy atom. The van der Waals surface area contributed by atoms with Gasteiger partial charge in [0.05, 0.1) is 27.4 Å². The number of ether oxygens (including phenoxy) is 3. The van der Waals surface area contributed by atoms with Gasteiger partial charge in [-0.3, -0.25) is 4.79 Å². The number of likely N-dealkylation sites (N-methyl/N-ethyl adjacent to an activating group) is 1. The van der Waals surface area contributed by atoms with Crippen molar-refractivity contribution in [3.63, 3.8) is 0 Å². The largest absolute Gasteiger partial charge is 0.497 e. The molecule has 140 valence electrons. The van der Waals surface area contributed by atoms with E-state index < -0.39 is 0 Å². The molecule has 2 aromatic rings. The van der Waals surface area contributed by atoms with E-state index in [1.807, 2.05) is 38.4 Å². The molecule has 0 aliphatic rings. The van der Waals surface area contributed by atoms with Crippen LogP contribution >= 0.6 is 0 Å². The molecule has 2 rings (SSSR count). The zero-order chi connectivity index (χ0) is 19.1. The highest BCUT2D eigenvalue weighted by atomic mass is 16.5. The summed E-state index contributed by atoms with van der Waals surface area (Å²) in [7, 11) is 8.66. The molecule has 0 radical (unpaired) electrons. The zero-order valence-electron chi connectivity index (χ0n) is 15.9. The molecule has 6 nitrogen and oxygen atoms in total. The molecular weight excluding hydrogens is 332 g/mol. The Morgan fingerprint density at radius 2 is 1.54 bits per heavy atom. The van der Waals surface area contributed by atoms with Gasteiger partial charge in [0, 0.05) is 6.54 Å². The summed E-state index contributed by atoms with van der Waals surface area (Å²) in [6, 6.07) is 13.1. The summed E-state index contributed by atoms with van der Waals surface area (Å²) in [4.78, 5) is 14.8. The van der Waals surface area contributed by atoms with Crippen molar-refractivity contribution in [1.29, 1.82) is 0 Å². The van der Waals surface area contributed by atoms with Crippen molar-refractivity contribution in [2.24, 2.45) is 0 Å². The van der Waals surface area contributed by atoms with Crippen LogP contribution in [0.3, 0.4) is 0 Å². The number of methoxy groups -OCH3 is 3. The molecular formula is C20H26N2O4. The number of carbonyl (C=O) groups excluding carboxylic acids is 1. The molecule has 0 fully saturated rings. The van der Waals surface area contributed by atoms with E-state index in [2.05, 4.69) is 10.2 Å². The van der Waals surface area contributed by atoms with Crippen molar-refractivity contribution in [2.75, 3.05) is 42.0 Å². The lowest BCUT2D eigenvalue weighted by atomic mass is 10.1. The van der Waals surface area contributed by atoms with Gasteiger partial charge in [-0.25, -0.2) is 0 Å². The fraction of sp³-hybridized carbons (Fsp3) is 0.350. The first-order valence-electron chi connectivity index (χ1n) is 8.31. The lowest BCUT2D eigenvalue weighted by molar-refractivity contribution is 0.0935. The fourth-order valence-corrected chi connectivity index (χ4v) is 2.78. The molecule has 0 spiro atoms. The van der Waals surface area contributed by atoms with Gasteiger partial charge in [-0.15, -0.1) is 0 Å². The third-order valence-corrected chi connectivity index (χ3v) is 4.23. The summed E-state index contributed by atoms with van der Waals surface area (Å²) in [6.45, 7) is 0.444. The smallest absolute Gasteiger partial charge is 0.258 e. The molecule has 1 unspecified atom stereocenters. The van der Waals surface area contributed by atoms with E-state index in [0.717, 1.165) is 11.3 Å². The van der Waals surface area contributed by atoms with E-state index in [1.54, 1.807) is 25.3 Å². The molecule has 0 aromatic heterocycles. The summed E-state index contributed by atoms with van der Waals surface area (Å²) in [6.07, 6.45) is 0. The maximum absolute atomic E-state index is 12.8. The first-order chi connectivity index (χ1) is 12.5. The molecule has 1 N–H and O–H groups in total. The predicted molar refractivity (Wildman–Crippen MR) is 101 cm³/mol. The van der Waals surface area contributed by atoms with Crippen LogP contribution in [0.1, 0.15) is 22.0 Å². The highest BCUT2D eigenvalue weighted by Gasteiger charge is 2.21. The van der Waals surface area contributed by atoms with Crippen molar-refractivity contribution in [3.8, 4) is 17.2 Å². The minimum Gasteiger partial charge on any atom is -0.497 e. The van der Waals surface area contributed by atoms with Crippen molar-refractivity contribution in [1.82, 2.24) is 10.2 Å². The summed E-state index contributed by atoms with van der Waals surface area (Å²) >= 11 is 0. The number of rotatable bonds is 8. The Labute approximate surface area is 154 Å². The second-order valence-electron chi connectivity index (χ2n) is 6.00. The lowest BCUT2D eigenvalue weighted by Crippen LogP contribution is -2.34. The molecule has 26 heavy (non-hydrogen) atoms. The van der Waals surface area contributed by atoms with E-state index in [4.69, 9.17) is 14.2 Å². The number of amides is 1. The van der Waals surface area contributed by atoms with Gasteiger partial charge in [-0.1, -0.05) is 18.2 Å². The molecule has 6 heteroatoms. The van der Waals surface area contributed by atoms with Crippen LogP contribution in [0.2, 0.25) is 0 Å². The first kappa shape index (κ1) is 19.6. The number of hydrogen-bond donors (Lipinski definition) is 1. The van der Waals surface area contributed by atoms with Gasteiger partial charge < -0.3 is 24.4 Å². The number of nitrogens with zero attached hydrogens (tertiary/aromatic N) is 1. The van der Waals surface area contributed by atoms with E-state index >= 15 is 0 Å². The standard InChI is InChI=1S/C20H26N2O4/c1-22(2)16(14-9-11-15(24-3)12-10-14)13-21-20(23)19-17(25-4)7-6-8-18(19)26-5/h6-12,16H,13H2,1-5H3,(H,21,23). The molecule has 0 aliphatic heterocycles. The number of hydrogen-bond acceptors (Lipinski definition) is 5. The normalized spacial score (nSPS) is 11.8. The third kappa shape index (κ3) is 4.46. The molecule has 0 heterocycles. The van der Waals surface area contributed by atoms with Gasteiger partial charge in [0.2, 0.25) is 0 Å². The second-order valence-corrected chi connectivity index (χ2v) is 6.00.